The van der Waals surface area contributed by atoms with Crippen LogP contribution in [0.1, 0.15) is 20.8 Å². The van der Waals surface area contributed by atoms with E-state index in [1.54, 1.807) is 20.8 Å². The second kappa shape index (κ2) is 6.24. The number of carbonyl (C=O) groups excluding carboxylic acids is 2. The van der Waals surface area contributed by atoms with Crippen LogP contribution in [0.15, 0.2) is 0 Å². The minimum absolute atomic E-state index is 0. The lowest BCUT2D eigenvalue weighted by Crippen LogP contribution is -2.36. The van der Waals surface area contributed by atoms with Gasteiger partial charge in [0.25, 0.3) is 0 Å². The molecule has 106 valence electrons. The van der Waals surface area contributed by atoms with Gasteiger partial charge in [0.15, 0.2) is 0 Å². The summed E-state index contributed by atoms with van der Waals surface area (Å²) in [5.74, 6) is -0.851. The monoisotopic (exact) mass is 280 g/mol. The Kier molecular flexibility index (Phi) is 5.89. The highest BCUT2D eigenvalue weighted by Crippen LogP contribution is 2.19. The number of carbonyl (C=O) groups is 2. The quantitative estimate of drug-likeness (QED) is 0.718. The molecule has 1 heterocycles. The topological polar surface area (TPSA) is 81.9 Å². The van der Waals surface area contributed by atoms with Crippen LogP contribution in [-0.2, 0) is 14.3 Å². The SMILES string of the molecule is COC(=O)[C@@H]1CN(C(=O)OC(C)(C)C)C[C@@H]1N.Cl. The predicted octanol–water partition coefficient (Wildman–Crippen LogP) is 0.775. The van der Waals surface area contributed by atoms with Crippen molar-refractivity contribution < 1.29 is 19.1 Å². The Balaban J connectivity index is 0.00000289. The number of amides is 1. The molecule has 0 spiro atoms. The Labute approximate surface area is 113 Å². The first-order valence-electron chi connectivity index (χ1n) is 5.56. The maximum atomic E-state index is 11.8. The van der Waals surface area contributed by atoms with Gasteiger partial charge >= 0.3 is 12.1 Å². The molecule has 1 amide bonds. The molecule has 0 aliphatic carbocycles. The van der Waals surface area contributed by atoms with E-state index in [0.717, 1.165) is 0 Å². The van der Waals surface area contributed by atoms with E-state index in [2.05, 4.69) is 4.74 Å². The summed E-state index contributed by atoms with van der Waals surface area (Å²) in [5, 5.41) is 0. The molecule has 0 saturated carbocycles. The lowest BCUT2D eigenvalue weighted by Gasteiger charge is -2.24. The highest BCUT2D eigenvalue weighted by Gasteiger charge is 2.39. The average Bonchev–Trinajstić information content (AvgIpc) is 2.57. The summed E-state index contributed by atoms with van der Waals surface area (Å²) in [5.41, 5.74) is 5.25. The van der Waals surface area contributed by atoms with Crippen LogP contribution in [0.5, 0.6) is 0 Å². The first-order chi connectivity index (χ1) is 7.74. The molecule has 1 aliphatic rings. The molecule has 0 aromatic heterocycles. The molecule has 0 aromatic carbocycles. The number of rotatable bonds is 1. The number of nitrogens with zero attached hydrogens (tertiary/aromatic N) is 1. The van der Waals surface area contributed by atoms with E-state index in [0.29, 0.717) is 6.54 Å². The second-order valence-corrected chi connectivity index (χ2v) is 5.18. The third-order valence-electron chi connectivity index (χ3n) is 2.52. The smallest absolute Gasteiger partial charge is 0.410 e. The van der Waals surface area contributed by atoms with E-state index < -0.39 is 23.7 Å². The fourth-order valence-corrected chi connectivity index (χ4v) is 1.71. The lowest BCUT2D eigenvalue weighted by atomic mass is 10.1. The number of esters is 1. The summed E-state index contributed by atoms with van der Waals surface area (Å²) in [6, 6.07) is -0.394. The van der Waals surface area contributed by atoms with Crippen molar-refractivity contribution in [2.24, 2.45) is 11.7 Å². The van der Waals surface area contributed by atoms with E-state index >= 15 is 0 Å². The summed E-state index contributed by atoms with van der Waals surface area (Å²) < 4.78 is 9.85. The van der Waals surface area contributed by atoms with E-state index in [1.807, 2.05) is 0 Å². The number of likely N-dealkylation sites (tertiary alicyclic amines) is 1. The summed E-state index contributed by atoms with van der Waals surface area (Å²) >= 11 is 0. The van der Waals surface area contributed by atoms with Crippen LogP contribution in [0.2, 0.25) is 0 Å². The summed E-state index contributed by atoms with van der Waals surface area (Å²) in [6.45, 7) is 5.94. The average molecular weight is 281 g/mol. The zero-order valence-corrected chi connectivity index (χ0v) is 12.0. The van der Waals surface area contributed by atoms with E-state index in [1.165, 1.54) is 12.0 Å². The molecule has 6 nitrogen and oxygen atoms in total. The Morgan fingerprint density at radius 3 is 2.28 bits per heavy atom. The summed E-state index contributed by atoms with van der Waals surface area (Å²) in [4.78, 5) is 24.6. The molecule has 1 saturated heterocycles. The number of hydrogen-bond donors (Lipinski definition) is 1. The van der Waals surface area contributed by atoms with Crippen molar-refractivity contribution in [3.8, 4) is 0 Å². The molecule has 0 aromatic rings. The van der Waals surface area contributed by atoms with Gasteiger partial charge in [-0.25, -0.2) is 4.79 Å². The number of ether oxygens (including phenoxy) is 2. The van der Waals surface area contributed by atoms with Gasteiger partial charge in [-0.3, -0.25) is 4.79 Å². The maximum absolute atomic E-state index is 11.8. The van der Waals surface area contributed by atoms with Gasteiger partial charge in [0, 0.05) is 19.1 Å². The molecule has 0 unspecified atom stereocenters. The Bertz CT molecular complexity index is 317. The van der Waals surface area contributed by atoms with Crippen LogP contribution in [0.3, 0.4) is 0 Å². The van der Waals surface area contributed by atoms with Crippen LogP contribution < -0.4 is 5.73 Å². The van der Waals surface area contributed by atoms with Crippen molar-refractivity contribution in [3.63, 3.8) is 0 Å². The molecule has 0 radical (unpaired) electrons. The van der Waals surface area contributed by atoms with Crippen LogP contribution in [0, 0.1) is 5.92 Å². The van der Waals surface area contributed by atoms with Gasteiger partial charge in [-0.05, 0) is 20.8 Å². The molecule has 2 N–H and O–H groups in total. The van der Waals surface area contributed by atoms with Gasteiger partial charge < -0.3 is 20.1 Å². The second-order valence-electron chi connectivity index (χ2n) is 5.18. The van der Waals surface area contributed by atoms with E-state index in [4.69, 9.17) is 10.5 Å². The standard InChI is InChI=1S/C11H20N2O4.ClH/c1-11(2,3)17-10(15)13-5-7(8(12)6-13)9(14)16-4;/h7-8H,5-6,12H2,1-4H3;1H/t7-,8+;/m1./s1. The van der Waals surface area contributed by atoms with Gasteiger partial charge in [-0.15, -0.1) is 12.4 Å². The van der Waals surface area contributed by atoms with Crippen molar-refractivity contribution >= 4 is 24.5 Å². The van der Waals surface area contributed by atoms with Crippen LogP contribution in [0.4, 0.5) is 4.79 Å². The van der Waals surface area contributed by atoms with Crippen molar-refractivity contribution in [1.29, 1.82) is 0 Å². The van der Waals surface area contributed by atoms with Gasteiger partial charge in [0.2, 0.25) is 0 Å². The Hall–Kier alpha value is -1.01. The van der Waals surface area contributed by atoms with Crippen molar-refractivity contribution in [2.45, 2.75) is 32.4 Å². The van der Waals surface area contributed by atoms with Crippen molar-refractivity contribution in [1.82, 2.24) is 4.90 Å². The summed E-state index contributed by atoms with van der Waals surface area (Å²) in [7, 11) is 1.31. The molecule has 0 bridgehead atoms. The highest BCUT2D eigenvalue weighted by atomic mass is 35.5. The fourth-order valence-electron chi connectivity index (χ4n) is 1.71. The summed E-state index contributed by atoms with van der Waals surface area (Å²) in [6.07, 6.45) is -0.445. The molecule has 1 rings (SSSR count). The lowest BCUT2D eigenvalue weighted by molar-refractivity contribution is -0.145. The highest BCUT2D eigenvalue weighted by molar-refractivity contribution is 5.85. The largest absolute Gasteiger partial charge is 0.469 e. The number of hydrogen-bond acceptors (Lipinski definition) is 5. The zero-order valence-electron chi connectivity index (χ0n) is 11.1. The normalized spacial score (nSPS) is 23.3. The maximum Gasteiger partial charge on any atom is 0.410 e. The number of halogens is 1. The molecule has 1 aliphatic heterocycles. The Morgan fingerprint density at radius 1 is 1.28 bits per heavy atom. The number of methoxy groups -OCH3 is 1. The molecule has 7 heteroatoms. The minimum atomic E-state index is -0.551. The first kappa shape index (κ1) is 17.0. The van der Waals surface area contributed by atoms with Crippen molar-refractivity contribution in [3.05, 3.63) is 0 Å². The van der Waals surface area contributed by atoms with E-state index in [-0.39, 0.29) is 24.9 Å². The molecular weight excluding hydrogens is 260 g/mol. The molecule has 18 heavy (non-hydrogen) atoms. The third kappa shape index (κ3) is 4.34. The molecule has 1 fully saturated rings. The third-order valence-corrected chi connectivity index (χ3v) is 2.52. The fraction of sp³-hybridized carbons (Fsp3) is 0.818. The molecule has 2 atom stereocenters. The minimum Gasteiger partial charge on any atom is -0.469 e. The van der Waals surface area contributed by atoms with E-state index in [9.17, 15) is 9.59 Å². The van der Waals surface area contributed by atoms with Crippen LogP contribution >= 0.6 is 12.4 Å². The van der Waals surface area contributed by atoms with Gasteiger partial charge in [-0.2, -0.15) is 0 Å². The number of nitrogens with two attached hydrogens (primary N) is 1. The van der Waals surface area contributed by atoms with Crippen molar-refractivity contribution in [2.75, 3.05) is 20.2 Å². The van der Waals surface area contributed by atoms with Crippen LogP contribution in [0.25, 0.3) is 0 Å². The van der Waals surface area contributed by atoms with Gasteiger partial charge in [0.1, 0.15) is 5.60 Å². The Morgan fingerprint density at radius 2 is 1.83 bits per heavy atom. The van der Waals surface area contributed by atoms with Gasteiger partial charge in [0.05, 0.1) is 13.0 Å². The van der Waals surface area contributed by atoms with Crippen LogP contribution in [-0.4, -0.2) is 48.8 Å². The zero-order chi connectivity index (χ0) is 13.2. The molecular formula is C11H21ClN2O4. The van der Waals surface area contributed by atoms with Gasteiger partial charge in [-0.1, -0.05) is 0 Å². The first-order valence-corrected chi connectivity index (χ1v) is 5.56. The predicted molar refractivity (Wildman–Crippen MR) is 68.5 cm³/mol.